The van der Waals surface area contributed by atoms with E-state index in [1.807, 2.05) is 10.6 Å². The molecule has 4 nitrogen and oxygen atoms in total. The van der Waals surface area contributed by atoms with Crippen molar-refractivity contribution >= 4 is 11.8 Å². The van der Waals surface area contributed by atoms with Crippen LogP contribution < -0.4 is 0 Å². The van der Waals surface area contributed by atoms with Gasteiger partial charge >= 0.3 is 0 Å². The highest BCUT2D eigenvalue weighted by molar-refractivity contribution is 7.98. The summed E-state index contributed by atoms with van der Waals surface area (Å²) in [7, 11) is 0. The molecule has 1 aromatic heterocycles. The van der Waals surface area contributed by atoms with E-state index in [0.29, 0.717) is 28.8 Å². The number of aromatic nitrogens is 3. The van der Waals surface area contributed by atoms with Crippen LogP contribution in [0.25, 0.3) is 11.4 Å². The van der Waals surface area contributed by atoms with Crippen LogP contribution in [-0.2, 0) is 17.0 Å². The fourth-order valence-electron chi connectivity index (χ4n) is 3.12. The van der Waals surface area contributed by atoms with Crippen molar-refractivity contribution in [3.8, 4) is 11.4 Å². The minimum absolute atomic E-state index is 0.105. The number of thioether (sulfide) groups is 1. The first kappa shape index (κ1) is 18.1. The Bertz CT molecular complexity index is 908. The Hall–Kier alpha value is -2.25. The van der Waals surface area contributed by atoms with Crippen molar-refractivity contribution in [1.29, 1.82) is 0 Å². The van der Waals surface area contributed by atoms with Crippen LogP contribution in [0.3, 0.4) is 0 Å². The van der Waals surface area contributed by atoms with Crippen LogP contribution in [0, 0.1) is 11.6 Å². The van der Waals surface area contributed by atoms with E-state index in [9.17, 15) is 8.78 Å². The number of halogens is 2. The van der Waals surface area contributed by atoms with Crippen molar-refractivity contribution < 1.29 is 13.5 Å². The number of hydrogen-bond donors (Lipinski definition) is 0. The first-order valence-corrected chi connectivity index (χ1v) is 9.86. The maximum absolute atomic E-state index is 13.9. The maximum atomic E-state index is 13.9. The molecule has 0 saturated carbocycles. The molecule has 1 atom stereocenters. The highest BCUT2D eigenvalue weighted by Crippen LogP contribution is 2.29. The minimum atomic E-state index is -0.293. The predicted octanol–water partition coefficient (Wildman–Crippen LogP) is 4.69. The van der Waals surface area contributed by atoms with Gasteiger partial charge in [0.2, 0.25) is 0 Å². The number of rotatable bonds is 6. The van der Waals surface area contributed by atoms with Crippen molar-refractivity contribution in [2.24, 2.45) is 0 Å². The Morgan fingerprint density at radius 3 is 2.63 bits per heavy atom. The molecule has 140 valence electrons. The summed E-state index contributed by atoms with van der Waals surface area (Å²) >= 11 is 1.44. The molecular formula is C20H19F2N3OS. The Morgan fingerprint density at radius 2 is 1.89 bits per heavy atom. The van der Waals surface area contributed by atoms with E-state index in [-0.39, 0.29) is 17.7 Å². The molecule has 0 N–H and O–H groups in total. The molecule has 1 fully saturated rings. The molecule has 7 heteroatoms. The number of ether oxygens (including phenoxy) is 1. The van der Waals surface area contributed by atoms with Gasteiger partial charge in [0.25, 0.3) is 0 Å². The quantitative estimate of drug-likeness (QED) is 0.575. The molecule has 0 radical (unpaired) electrons. The van der Waals surface area contributed by atoms with Gasteiger partial charge in [-0.2, -0.15) is 0 Å². The molecule has 0 bridgehead atoms. The van der Waals surface area contributed by atoms with Gasteiger partial charge in [-0.15, -0.1) is 10.2 Å². The Labute approximate surface area is 160 Å². The van der Waals surface area contributed by atoms with E-state index in [0.717, 1.165) is 25.0 Å². The zero-order valence-corrected chi connectivity index (χ0v) is 15.5. The normalized spacial score (nSPS) is 16.7. The molecule has 1 saturated heterocycles. The fraction of sp³-hybridized carbons (Fsp3) is 0.300. The van der Waals surface area contributed by atoms with Gasteiger partial charge in [-0.25, -0.2) is 8.78 Å². The van der Waals surface area contributed by atoms with Gasteiger partial charge in [0.15, 0.2) is 11.0 Å². The van der Waals surface area contributed by atoms with E-state index in [1.54, 1.807) is 24.3 Å². The zero-order valence-electron chi connectivity index (χ0n) is 14.6. The van der Waals surface area contributed by atoms with Crippen LogP contribution in [0.15, 0.2) is 53.7 Å². The number of hydrogen-bond acceptors (Lipinski definition) is 4. The van der Waals surface area contributed by atoms with Crippen LogP contribution in [-0.4, -0.2) is 27.5 Å². The standard InChI is InChI=1S/C20H19F2N3OS/c21-16-9-7-14(8-10-16)19-23-24-20(25(19)12-17-5-3-11-26-17)27-13-15-4-1-2-6-18(15)22/h1-2,4,6-10,17H,3,5,11-13H2. The van der Waals surface area contributed by atoms with Gasteiger partial charge < -0.3 is 4.74 Å². The van der Waals surface area contributed by atoms with Crippen LogP contribution in [0.4, 0.5) is 8.78 Å². The average molecular weight is 387 g/mol. The smallest absolute Gasteiger partial charge is 0.191 e. The SMILES string of the molecule is Fc1ccc(-c2nnc(SCc3ccccc3F)n2CC2CCCO2)cc1. The average Bonchev–Trinajstić information content (AvgIpc) is 3.33. The summed E-state index contributed by atoms with van der Waals surface area (Å²) in [5.41, 5.74) is 1.41. The van der Waals surface area contributed by atoms with E-state index >= 15 is 0 Å². The number of benzene rings is 2. The summed E-state index contributed by atoms with van der Waals surface area (Å²) in [5.74, 6) is 0.605. The predicted molar refractivity (Wildman–Crippen MR) is 100 cm³/mol. The van der Waals surface area contributed by atoms with Gasteiger partial charge in [-0.3, -0.25) is 4.57 Å². The van der Waals surface area contributed by atoms with Gasteiger partial charge in [0.1, 0.15) is 11.6 Å². The van der Waals surface area contributed by atoms with Crippen molar-refractivity contribution in [2.75, 3.05) is 6.61 Å². The molecule has 1 unspecified atom stereocenters. The van der Waals surface area contributed by atoms with E-state index in [4.69, 9.17) is 4.74 Å². The first-order chi connectivity index (χ1) is 13.2. The molecule has 2 heterocycles. The van der Waals surface area contributed by atoms with E-state index in [1.165, 1.54) is 30.0 Å². The third-order valence-electron chi connectivity index (χ3n) is 4.54. The zero-order chi connectivity index (χ0) is 18.6. The third-order valence-corrected chi connectivity index (χ3v) is 5.56. The van der Waals surface area contributed by atoms with Crippen molar-refractivity contribution in [1.82, 2.24) is 14.8 Å². The highest BCUT2D eigenvalue weighted by Gasteiger charge is 2.22. The second-order valence-electron chi connectivity index (χ2n) is 6.44. The summed E-state index contributed by atoms with van der Waals surface area (Å²) in [5, 5.41) is 9.32. The summed E-state index contributed by atoms with van der Waals surface area (Å²) in [6.07, 6.45) is 2.13. The Balaban J connectivity index is 1.61. The van der Waals surface area contributed by atoms with Gasteiger partial charge in [-0.05, 0) is 48.7 Å². The van der Waals surface area contributed by atoms with E-state index in [2.05, 4.69) is 10.2 Å². The lowest BCUT2D eigenvalue weighted by atomic mass is 10.2. The molecule has 0 aliphatic carbocycles. The number of nitrogens with zero attached hydrogens (tertiary/aromatic N) is 3. The lowest BCUT2D eigenvalue weighted by Crippen LogP contribution is -2.16. The molecule has 0 spiro atoms. The summed E-state index contributed by atoms with van der Waals surface area (Å²) in [4.78, 5) is 0. The van der Waals surface area contributed by atoms with Crippen molar-refractivity contribution in [3.63, 3.8) is 0 Å². The van der Waals surface area contributed by atoms with Crippen molar-refractivity contribution in [3.05, 3.63) is 65.7 Å². The Morgan fingerprint density at radius 1 is 1.07 bits per heavy atom. The van der Waals surface area contributed by atoms with Crippen molar-refractivity contribution in [2.45, 2.75) is 36.4 Å². The summed E-state index contributed by atoms with van der Waals surface area (Å²) in [6, 6.07) is 12.9. The van der Waals surface area contributed by atoms with Crippen LogP contribution in [0.1, 0.15) is 18.4 Å². The second kappa shape index (κ2) is 8.19. The highest BCUT2D eigenvalue weighted by atomic mass is 32.2. The minimum Gasteiger partial charge on any atom is -0.376 e. The van der Waals surface area contributed by atoms with E-state index < -0.39 is 0 Å². The first-order valence-electron chi connectivity index (χ1n) is 8.87. The van der Waals surface area contributed by atoms with Gasteiger partial charge in [0.05, 0.1) is 12.6 Å². The largest absolute Gasteiger partial charge is 0.376 e. The summed E-state index contributed by atoms with van der Waals surface area (Å²) < 4.78 is 35.0. The molecule has 3 aromatic rings. The molecule has 2 aromatic carbocycles. The van der Waals surface area contributed by atoms with Crippen LogP contribution >= 0.6 is 11.8 Å². The van der Waals surface area contributed by atoms with Crippen LogP contribution in [0.5, 0.6) is 0 Å². The van der Waals surface area contributed by atoms with Crippen LogP contribution in [0.2, 0.25) is 0 Å². The summed E-state index contributed by atoms with van der Waals surface area (Å²) in [6.45, 7) is 1.38. The fourth-order valence-corrected chi connectivity index (χ4v) is 4.06. The van der Waals surface area contributed by atoms with Gasteiger partial charge in [0, 0.05) is 17.9 Å². The Kier molecular flexibility index (Phi) is 5.50. The molecule has 27 heavy (non-hydrogen) atoms. The van der Waals surface area contributed by atoms with Gasteiger partial charge in [-0.1, -0.05) is 30.0 Å². The second-order valence-corrected chi connectivity index (χ2v) is 7.38. The molecular weight excluding hydrogens is 368 g/mol. The molecule has 4 rings (SSSR count). The third kappa shape index (κ3) is 4.20. The molecule has 1 aliphatic rings. The maximum Gasteiger partial charge on any atom is 0.191 e. The lowest BCUT2D eigenvalue weighted by molar-refractivity contribution is 0.0953. The topological polar surface area (TPSA) is 39.9 Å². The molecule has 0 amide bonds. The lowest BCUT2D eigenvalue weighted by Gasteiger charge is -2.15. The molecule has 1 aliphatic heterocycles. The monoisotopic (exact) mass is 387 g/mol.